The summed E-state index contributed by atoms with van der Waals surface area (Å²) in [7, 11) is 0. The van der Waals surface area contributed by atoms with Crippen molar-refractivity contribution in [2.45, 2.75) is 26.3 Å². The van der Waals surface area contributed by atoms with Crippen molar-refractivity contribution in [2.75, 3.05) is 24.7 Å². The second kappa shape index (κ2) is 5.66. The molecule has 23 heavy (non-hydrogen) atoms. The zero-order valence-corrected chi connectivity index (χ0v) is 13.3. The molecule has 120 valence electrons. The van der Waals surface area contributed by atoms with Crippen LogP contribution in [-0.2, 0) is 11.2 Å². The Morgan fingerprint density at radius 1 is 1.35 bits per heavy atom. The van der Waals surface area contributed by atoms with E-state index in [1.54, 1.807) is 4.52 Å². The number of nitrogens with zero attached hydrogens (tertiary/aromatic N) is 5. The number of hydrogen-bond donors (Lipinski definition) is 0. The van der Waals surface area contributed by atoms with E-state index >= 15 is 0 Å². The Bertz CT molecular complexity index is 825. The van der Waals surface area contributed by atoms with Crippen LogP contribution in [0.2, 0.25) is 0 Å². The van der Waals surface area contributed by atoms with Crippen LogP contribution < -0.4 is 4.90 Å². The van der Waals surface area contributed by atoms with E-state index < -0.39 is 0 Å². The second-order valence-corrected chi connectivity index (χ2v) is 5.67. The maximum Gasteiger partial charge on any atom is 0.254 e. The standard InChI is InChI=1S/C16H19N5O2/c1-3-12-4-5-14(23-12)13-9-22-7-6-20(13)15-8-11(2)19-16-17-10-18-21(15)16/h4-5,8,10,13H,3,6-7,9H2,1-2H3. The molecule has 0 N–H and O–H groups in total. The van der Waals surface area contributed by atoms with Crippen molar-refractivity contribution >= 4 is 11.6 Å². The summed E-state index contributed by atoms with van der Waals surface area (Å²) < 4.78 is 13.4. The molecular weight excluding hydrogens is 294 g/mol. The Morgan fingerprint density at radius 2 is 2.26 bits per heavy atom. The molecule has 0 radical (unpaired) electrons. The molecular formula is C16H19N5O2. The highest BCUT2D eigenvalue weighted by atomic mass is 16.5. The van der Waals surface area contributed by atoms with Crippen LogP contribution in [0.25, 0.3) is 5.78 Å². The van der Waals surface area contributed by atoms with Crippen molar-refractivity contribution in [3.8, 4) is 0 Å². The Morgan fingerprint density at radius 3 is 3.09 bits per heavy atom. The smallest absolute Gasteiger partial charge is 0.254 e. The summed E-state index contributed by atoms with van der Waals surface area (Å²) in [5, 5.41) is 4.31. The predicted molar refractivity (Wildman–Crippen MR) is 84.5 cm³/mol. The molecule has 1 unspecified atom stereocenters. The molecule has 0 amide bonds. The van der Waals surface area contributed by atoms with Gasteiger partial charge in [0.15, 0.2) is 0 Å². The monoisotopic (exact) mass is 313 g/mol. The van der Waals surface area contributed by atoms with E-state index in [0.717, 1.165) is 36.0 Å². The lowest BCUT2D eigenvalue weighted by molar-refractivity contribution is 0.0866. The lowest BCUT2D eigenvalue weighted by Crippen LogP contribution is -2.40. The highest BCUT2D eigenvalue weighted by molar-refractivity contribution is 5.49. The summed E-state index contributed by atoms with van der Waals surface area (Å²) in [4.78, 5) is 10.9. The Balaban J connectivity index is 1.78. The molecule has 1 atom stereocenters. The van der Waals surface area contributed by atoms with Gasteiger partial charge in [-0.25, -0.2) is 4.98 Å². The van der Waals surface area contributed by atoms with Crippen molar-refractivity contribution in [3.63, 3.8) is 0 Å². The molecule has 0 bridgehead atoms. The lowest BCUT2D eigenvalue weighted by atomic mass is 10.1. The number of fused-ring (bicyclic) bond motifs is 1. The second-order valence-electron chi connectivity index (χ2n) is 5.67. The van der Waals surface area contributed by atoms with E-state index in [0.29, 0.717) is 19.0 Å². The molecule has 0 aromatic carbocycles. The summed E-state index contributed by atoms with van der Waals surface area (Å²) in [6.45, 7) is 6.09. The van der Waals surface area contributed by atoms with E-state index in [1.165, 1.54) is 6.33 Å². The Hall–Kier alpha value is -2.41. The first-order chi connectivity index (χ1) is 11.3. The van der Waals surface area contributed by atoms with E-state index in [-0.39, 0.29) is 6.04 Å². The zero-order valence-electron chi connectivity index (χ0n) is 13.3. The fraction of sp³-hybridized carbons (Fsp3) is 0.438. The van der Waals surface area contributed by atoms with Crippen molar-refractivity contribution in [3.05, 3.63) is 41.7 Å². The van der Waals surface area contributed by atoms with Gasteiger partial charge in [0.1, 0.15) is 29.7 Å². The number of morpholine rings is 1. The fourth-order valence-corrected chi connectivity index (χ4v) is 2.99. The van der Waals surface area contributed by atoms with Gasteiger partial charge in [-0.15, -0.1) is 0 Å². The van der Waals surface area contributed by atoms with Crippen LogP contribution in [-0.4, -0.2) is 39.3 Å². The number of aryl methyl sites for hydroxylation is 2. The molecule has 4 heterocycles. The Labute approximate surface area is 133 Å². The zero-order chi connectivity index (χ0) is 15.8. The first-order valence-electron chi connectivity index (χ1n) is 7.86. The first kappa shape index (κ1) is 14.2. The van der Waals surface area contributed by atoms with Gasteiger partial charge in [0.2, 0.25) is 0 Å². The summed E-state index contributed by atoms with van der Waals surface area (Å²) >= 11 is 0. The van der Waals surface area contributed by atoms with E-state index in [4.69, 9.17) is 9.15 Å². The molecule has 3 aromatic rings. The number of aromatic nitrogens is 4. The third kappa shape index (κ3) is 2.46. The van der Waals surface area contributed by atoms with Crippen molar-refractivity contribution in [1.82, 2.24) is 19.6 Å². The van der Waals surface area contributed by atoms with Gasteiger partial charge in [-0.2, -0.15) is 14.6 Å². The largest absolute Gasteiger partial charge is 0.464 e. The molecule has 7 nitrogen and oxygen atoms in total. The Kier molecular flexibility index (Phi) is 3.49. The van der Waals surface area contributed by atoms with Crippen molar-refractivity contribution in [2.24, 2.45) is 0 Å². The summed E-state index contributed by atoms with van der Waals surface area (Å²) in [5.41, 5.74) is 0.916. The highest BCUT2D eigenvalue weighted by Crippen LogP contribution is 2.31. The topological polar surface area (TPSA) is 68.7 Å². The first-order valence-corrected chi connectivity index (χ1v) is 7.86. The quantitative estimate of drug-likeness (QED) is 0.738. The average Bonchev–Trinajstić information content (AvgIpc) is 3.23. The summed E-state index contributed by atoms with van der Waals surface area (Å²) in [5.74, 6) is 3.48. The molecule has 1 aliphatic rings. The minimum absolute atomic E-state index is 0.0262. The fourth-order valence-electron chi connectivity index (χ4n) is 2.99. The molecule has 1 aliphatic heterocycles. The van der Waals surface area contributed by atoms with Gasteiger partial charge in [-0.1, -0.05) is 6.92 Å². The van der Waals surface area contributed by atoms with E-state index in [9.17, 15) is 0 Å². The number of anilines is 1. The maximum absolute atomic E-state index is 5.97. The molecule has 0 aliphatic carbocycles. The molecule has 0 saturated carbocycles. The van der Waals surface area contributed by atoms with Gasteiger partial charge in [0.25, 0.3) is 5.78 Å². The predicted octanol–water partition coefficient (Wildman–Crippen LogP) is 2.17. The van der Waals surface area contributed by atoms with Crippen LogP contribution >= 0.6 is 0 Å². The van der Waals surface area contributed by atoms with Crippen LogP contribution in [0.3, 0.4) is 0 Å². The molecule has 0 spiro atoms. The number of hydrogen-bond acceptors (Lipinski definition) is 6. The van der Waals surface area contributed by atoms with Gasteiger partial charge in [0.05, 0.1) is 13.2 Å². The van der Waals surface area contributed by atoms with Gasteiger partial charge in [0, 0.05) is 24.7 Å². The van der Waals surface area contributed by atoms with Gasteiger partial charge < -0.3 is 14.1 Å². The molecule has 7 heteroatoms. The van der Waals surface area contributed by atoms with Crippen LogP contribution in [0, 0.1) is 6.92 Å². The molecule has 1 fully saturated rings. The van der Waals surface area contributed by atoms with Gasteiger partial charge >= 0.3 is 0 Å². The van der Waals surface area contributed by atoms with Crippen LogP contribution in [0.4, 0.5) is 5.82 Å². The highest BCUT2D eigenvalue weighted by Gasteiger charge is 2.29. The third-order valence-corrected chi connectivity index (χ3v) is 4.14. The van der Waals surface area contributed by atoms with E-state index in [1.807, 2.05) is 25.1 Å². The number of rotatable bonds is 3. The lowest BCUT2D eigenvalue weighted by Gasteiger charge is -2.36. The molecule has 3 aromatic heterocycles. The van der Waals surface area contributed by atoms with Gasteiger partial charge in [-0.05, 0) is 19.1 Å². The third-order valence-electron chi connectivity index (χ3n) is 4.14. The number of ether oxygens (including phenoxy) is 1. The average molecular weight is 313 g/mol. The normalized spacial score (nSPS) is 18.7. The van der Waals surface area contributed by atoms with Crippen molar-refractivity contribution < 1.29 is 9.15 Å². The maximum atomic E-state index is 5.97. The van der Waals surface area contributed by atoms with Crippen LogP contribution in [0.15, 0.2) is 28.9 Å². The summed E-state index contributed by atoms with van der Waals surface area (Å²) in [6, 6.07) is 6.13. The molecule has 4 rings (SSSR count). The van der Waals surface area contributed by atoms with Crippen LogP contribution in [0.1, 0.15) is 30.2 Å². The van der Waals surface area contributed by atoms with E-state index in [2.05, 4.69) is 26.9 Å². The minimum Gasteiger partial charge on any atom is -0.464 e. The van der Waals surface area contributed by atoms with Crippen molar-refractivity contribution in [1.29, 1.82) is 0 Å². The van der Waals surface area contributed by atoms with Crippen LogP contribution in [0.5, 0.6) is 0 Å². The number of furan rings is 1. The molecule has 1 saturated heterocycles. The SMILES string of the molecule is CCc1ccc(C2COCCN2c2cc(C)nc3ncnn23)o1. The van der Waals surface area contributed by atoms with Gasteiger partial charge in [-0.3, -0.25) is 0 Å². The minimum atomic E-state index is 0.0262. The summed E-state index contributed by atoms with van der Waals surface area (Å²) in [6.07, 6.45) is 2.41.